The Kier molecular flexibility index (Phi) is 2.68. The molecule has 2 N–H and O–H groups in total. The average Bonchev–Trinajstić information content (AvgIpc) is 2.34. The van der Waals surface area contributed by atoms with Crippen LogP contribution in [0.2, 0.25) is 5.02 Å². The van der Waals surface area contributed by atoms with Gasteiger partial charge in [-0.3, -0.25) is 5.32 Å². The van der Waals surface area contributed by atoms with Gasteiger partial charge in [0.1, 0.15) is 0 Å². The maximum atomic E-state index is 14.2. The van der Waals surface area contributed by atoms with Gasteiger partial charge >= 0.3 is 6.09 Å². The lowest BCUT2D eigenvalue weighted by molar-refractivity contribution is -0.00986. The Balaban J connectivity index is 2.18. The van der Waals surface area contributed by atoms with Crippen LogP contribution in [0.3, 0.4) is 0 Å². The summed E-state index contributed by atoms with van der Waals surface area (Å²) in [6, 6.07) is 3.04. The monoisotopic (exact) mass is 270 g/mol. The van der Waals surface area contributed by atoms with E-state index in [1.807, 2.05) is 0 Å². The minimum Gasteiger partial charge on any atom is -0.436 e. The zero-order valence-corrected chi connectivity index (χ0v) is 10.3. The third kappa shape index (κ3) is 1.66. The van der Waals surface area contributed by atoms with Crippen LogP contribution in [0.25, 0.3) is 0 Å². The fraction of sp³-hybridized carbons (Fsp3) is 0.417. The number of benzene rings is 1. The van der Waals surface area contributed by atoms with E-state index in [0.29, 0.717) is 24.2 Å². The molecule has 0 aliphatic carbocycles. The molecule has 2 aliphatic heterocycles. The second-order valence-corrected chi connectivity index (χ2v) is 4.98. The third-order valence-corrected chi connectivity index (χ3v) is 3.71. The van der Waals surface area contributed by atoms with Gasteiger partial charge < -0.3 is 10.1 Å². The minimum atomic E-state index is -0.940. The van der Waals surface area contributed by atoms with Crippen molar-refractivity contribution in [3.05, 3.63) is 28.5 Å². The second kappa shape index (κ2) is 4.10. The number of halogens is 2. The van der Waals surface area contributed by atoms with Crippen molar-refractivity contribution >= 4 is 23.4 Å². The Morgan fingerprint density at radius 1 is 1.44 bits per heavy atom. The van der Waals surface area contributed by atoms with Crippen molar-refractivity contribution in [2.45, 2.75) is 18.4 Å². The number of carbonyl (C=O) groups excluding carboxylic acids is 1. The quantitative estimate of drug-likeness (QED) is 0.762. The van der Waals surface area contributed by atoms with Gasteiger partial charge in [-0.1, -0.05) is 11.6 Å². The Bertz CT molecular complexity index is 515. The van der Waals surface area contributed by atoms with Gasteiger partial charge in [-0.15, -0.1) is 0 Å². The van der Waals surface area contributed by atoms with Crippen molar-refractivity contribution in [2.24, 2.45) is 0 Å². The van der Waals surface area contributed by atoms with Crippen LogP contribution in [0.5, 0.6) is 0 Å². The fourth-order valence-corrected chi connectivity index (χ4v) is 2.80. The van der Waals surface area contributed by atoms with Crippen molar-refractivity contribution < 1.29 is 13.9 Å². The Morgan fingerprint density at radius 2 is 2.28 bits per heavy atom. The highest BCUT2D eigenvalue weighted by atomic mass is 35.5. The molecule has 1 spiro atoms. The van der Waals surface area contributed by atoms with Crippen molar-refractivity contribution in [2.75, 3.05) is 18.4 Å². The molecule has 1 aromatic carbocycles. The number of ether oxygens (including phenoxy) is 1. The van der Waals surface area contributed by atoms with Crippen LogP contribution in [-0.4, -0.2) is 19.2 Å². The Labute approximate surface area is 108 Å². The molecule has 0 unspecified atom stereocenters. The number of rotatable bonds is 0. The molecule has 0 aromatic heterocycles. The summed E-state index contributed by atoms with van der Waals surface area (Å²) >= 11 is 5.82. The van der Waals surface area contributed by atoms with Crippen molar-refractivity contribution in [1.82, 2.24) is 5.32 Å². The lowest BCUT2D eigenvalue weighted by Crippen LogP contribution is -2.50. The van der Waals surface area contributed by atoms with Gasteiger partial charge in [-0.05, 0) is 31.5 Å². The summed E-state index contributed by atoms with van der Waals surface area (Å²) in [4.78, 5) is 11.6. The fourth-order valence-electron chi connectivity index (χ4n) is 2.64. The van der Waals surface area contributed by atoms with Gasteiger partial charge in [-0.2, -0.15) is 0 Å². The lowest BCUT2D eigenvalue weighted by atomic mass is 9.84. The van der Waals surface area contributed by atoms with Crippen molar-refractivity contribution in [1.29, 1.82) is 0 Å². The molecular weight excluding hydrogens is 259 g/mol. The highest BCUT2D eigenvalue weighted by molar-refractivity contribution is 6.31. The first-order chi connectivity index (χ1) is 8.62. The van der Waals surface area contributed by atoms with E-state index < -0.39 is 17.5 Å². The van der Waals surface area contributed by atoms with Crippen molar-refractivity contribution in [3.63, 3.8) is 0 Å². The lowest BCUT2D eigenvalue weighted by Gasteiger charge is -2.41. The van der Waals surface area contributed by atoms with E-state index in [1.165, 1.54) is 6.07 Å². The summed E-state index contributed by atoms with van der Waals surface area (Å²) in [6.07, 6.45) is 0.865. The summed E-state index contributed by atoms with van der Waals surface area (Å²) in [5.41, 5.74) is -0.149. The number of hydrogen-bond donors (Lipinski definition) is 2. The maximum Gasteiger partial charge on any atom is 0.412 e. The molecule has 1 atom stereocenters. The summed E-state index contributed by atoms with van der Waals surface area (Å²) < 4.78 is 19.6. The van der Waals surface area contributed by atoms with Gasteiger partial charge in [0.25, 0.3) is 0 Å². The SMILES string of the molecule is O=C1Nc2ccc(Cl)c(F)c2[C@@]2(CCCNC2)O1. The normalized spacial score (nSPS) is 26.4. The molecule has 2 heterocycles. The van der Waals surface area contributed by atoms with E-state index in [2.05, 4.69) is 10.6 Å². The first kappa shape index (κ1) is 11.7. The zero-order chi connectivity index (χ0) is 12.8. The molecule has 1 aromatic rings. The molecule has 6 heteroatoms. The number of nitrogens with one attached hydrogen (secondary N) is 2. The summed E-state index contributed by atoms with van der Waals surface area (Å²) in [5, 5.41) is 5.69. The van der Waals surface area contributed by atoms with E-state index in [1.54, 1.807) is 6.07 Å². The maximum absolute atomic E-state index is 14.2. The molecular formula is C12H12ClFN2O2. The standard InChI is InChI=1S/C12H12ClFN2O2/c13-7-2-3-8-9(10(7)14)12(18-11(17)16-8)4-1-5-15-6-12/h2-3,15H,1,4-6H2,(H,16,17)/t12-/m0/s1. The van der Waals surface area contributed by atoms with Crippen LogP contribution in [-0.2, 0) is 10.3 Å². The van der Waals surface area contributed by atoms with E-state index in [-0.39, 0.29) is 5.02 Å². The predicted molar refractivity (Wildman–Crippen MR) is 65.3 cm³/mol. The molecule has 0 radical (unpaired) electrons. The molecule has 1 amide bonds. The van der Waals surface area contributed by atoms with Crippen LogP contribution in [0.15, 0.2) is 12.1 Å². The predicted octanol–water partition coefficient (Wildman–Crippen LogP) is 2.62. The average molecular weight is 271 g/mol. The molecule has 0 bridgehead atoms. The van der Waals surface area contributed by atoms with Gasteiger partial charge in [-0.25, -0.2) is 9.18 Å². The van der Waals surface area contributed by atoms with Crippen molar-refractivity contribution in [3.8, 4) is 0 Å². The molecule has 2 aliphatic rings. The number of amides is 1. The number of hydrogen-bond acceptors (Lipinski definition) is 3. The number of piperidine rings is 1. The Morgan fingerprint density at radius 3 is 3.00 bits per heavy atom. The second-order valence-electron chi connectivity index (χ2n) is 4.57. The van der Waals surface area contributed by atoms with Crippen LogP contribution in [0.1, 0.15) is 18.4 Å². The molecule has 3 rings (SSSR count). The Hall–Kier alpha value is -1.33. The summed E-state index contributed by atoms with van der Waals surface area (Å²) in [6.45, 7) is 1.24. The van der Waals surface area contributed by atoms with Crippen LogP contribution < -0.4 is 10.6 Å². The largest absolute Gasteiger partial charge is 0.436 e. The number of carbonyl (C=O) groups is 1. The number of fused-ring (bicyclic) bond motifs is 2. The number of anilines is 1. The van der Waals surface area contributed by atoms with E-state index in [0.717, 1.165) is 13.0 Å². The first-order valence-electron chi connectivity index (χ1n) is 5.82. The van der Waals surface area contributed by atoms with Crippen LogP contribution >= 0.6 is 11.6 Å². The van der Waals surface area contributed by atoms with Crippen LogP contribution in [0.4, 0.5) is 14.9 Å². The molecule has 0 saturated carbocycles. The first-order valence-corrected chi connectivity index (χ1v) is 6.19. The van der Waals surface area contributed by atoms with E-state index >= 15 is 0 Å². The molecule has 96 valence electrons. The van der Waals surface area contributed by atoms with E-state index in [4.69, 9.17) is 16.3 Å². The van der Waals surface area contributed by atoms with Gasteiger partial charge in [0.15, 0.2) is 11.4 Å². The molecule has 1 fully saturated rings. The van der Waals surface area contributed by atoms with Gasteiger partial charge in [0, 0.05) is 6.54 Å². The topological polar surface area (TPSA) is 50.4 Å². The van der Waals surface area contributed by atoms with Gasteiger partial charge in [0.05, 0.1) is 16.3 Å². The van der Waals surface area contributed by atoms with Gasteiger partial charge in [0.2, 0.25) is 0 Å². The molecule has 18 heavy (non-hydrogen) atoms. The minimum absolute atomic E-state index is 0.0402. The third-order valence-electron chi connectivity index (χ3n) is 3.42. The molecule has 4 nitrogen and oxygen atoms in total. The van der Waals surface area contributed by atoms with E-state index in [9.17, 15) is 9.18 Å². The summed E-state index contributed by atoms with van der Waals surface area (Å²) in [5.74, 6) is -0.516. The smallest absolute Gasteiger partial charge is 0.412 e. The van der Waals surface area contributed by atoms with Crippen LogP contribution in [0, 0.1) is 5.82 Å². The summed E-state index contributed by atoms with van der Waals surface area (Å²) in [7, 11) is 0. The molecule has 1 saturated heterocycles. The zero-order valence-electron chi connectivity index (χ0n) is 9.56. The highest BCUT2D eigenvalue weighted by Gasteiger charge is 2.45. The highest BCUT2D eigenvalue weighted by Crippen LogP contribution is 2.43.